The number of rotatable bonds is 5. The highest BCUT2D eigenvalue weighted by molar-refractivity contribution is 5.74. The topological polar surface area (TPSA) is 55.8 Å². The molecule has 2 aromatic rings. The summed E-state index contributed by atoms with van der Waals surface area (Å²) in [6.07, 6.45) is -0.953. The van der Waals surface area contributed by atoms with Gasteiger partial charge in [0.05, 0.1) is 0 Å². The number of para-hydroxylation sites is 1. The highest BCUT2D eigenvalue weighted by Gasteiger charge is 2.18. The van der Waals surface area contributed by atoms with E-state index in [-0.39, 0.29) is 0 Å². The Hall–Kier alpha value is -2.33. The summed E-state index contributed by atoms with van der Waals surface area (Å²) >= 11 is 0. The monoisotopic (exact) mass is 258 g/mol. The fourth-order valence-electron chi connectivity index (χ4n) is 1.71. The summed E-state index contributed by atoms with van der Waals surface area (Å²) in [5.74, 6) is 0.367. The van der Waals surface area contributed by atoms with Crippen LogP contribution in [0.2, 0.25) is 0 Å². The van der Waals surface area contributed by atoms with Crippen LogP contribution < -0.4 is 4.74 Å². The minimum absolute atomic E-state index is 0.579. The molecule has 1 atom stereocenters. The molecule has 0 saturated heterocycles. The number of hydrogen-bond acceptors (Lipinski definition) is 3. The summed E-state index contributed by atoms with van der Waals surface area (Å²) in [6, 6.07) is 16.2. The lowest BCUT2D eigenvalue weighted by Crippen LogP contribution is -2.13. The fourth-order valence-corrected chi connectivity index (χ4v) is 1.71. The van der Waals surface area contributed by atoms with Crippen molar-refractivity contribution in [3.05, 3.63) is 60.2 Å². The normalized spacial score (nSPS) is 11.8. The van der Waals surface area contributed by atoms with E-state index in [9.17, 15) is 4.79 Å². The van der Waals surface area contributed by atoms with Crippen molar-refractivity contribution in [1.82, 2.24) is 0 Å². The maximum absolute atomic E-state index is 11.0. The van der Waals surface area contributed by atoms with Gasteiger partial charge in [-0.1, -0.05) is 30.3 Å². The molecular formula is C15H14O4. The first-order chi connectivity index (χ1) is 9.20. The highest BCUT2D eigenvalue weighted by atomic mass is 16.5. The van der Waals surface area contributed by atoms with Crippen LogP contribution in [0.15, 0.2) is 54.6 Å². The average molecular weight is 258 g/mol. The van der Waals surface area contributed by atoms with Crippen molar-refractivity contribution in [3.8, 4) is 11.5 Å². The summed E-state index contributed by atoms with van der Waals surface area (Å²) in [6.45, 7) is 0. The molecule has 0 radical (unpaired) electrons. The molecule has 0 aliphatic heterocycles. The van der Waals surface area contributed by atoms with Crippen molar-refractivity contribution in [2.75, 3.05) is 7.11 Å². The predicted molar refractivity (Wildman–Crippen MR) is 70.3 cm³/mol. The molecule has 1 unspecified atom stereocenters. The molecule has 19 heavy (non-hydrogen) atoms. The van der Waals surface area contributed by atoms with Crippen LogP contribution in [0, 0.1) is 0 Å². The third-order valence-corrected chi connectivity index (χ3v) is 2.62. The van der Waals surface area contributed by atoms with Gasteiger partial charge in [0.25, 0.3) is 0 Å². The Morgan fingerprint density at radius 2 is 1.58 bits per heavy atom. The van der Waals surface area contributed by atoms with Crippen LogP contribution in [0.4, 0.5) is 0 Å². The Kier molecular flexibility index (Phi) is 4.15. The van der Waals surface area contributed by atoms with Gasteiger partial charge in [-0.15, -0.1) is 0 Å². The Morgan fingerprint density at radius 1 is 1.00 bits per heavy atom. The second kappa shape index (κ2) is 6.02. The molecule has 0 amide bonds. The molecule has 1 N–H and O–H groups in total. The number of benzene rings is 2. The van der Waals surface area contributed by atoms with Gasteiger partial charge in [0.1, 0.15) is 11.5 Å². The third kappa shape index (κ3) is 3.33. The molecule has 0 heterocycles. The zero-order valence-corrected chi connectivity index (χ0v) is 10.4. The van der Waals surface area contributed by atoms with Crippen molar-refractivity contribution >= 4 is 5.97 Å². The van der Waals surface area contributed by atoms with Crippen LogP contribution in [0.25, 0.3) is 0 Å². The minimum atomic E-state index is -1.01. The zero-order valence-electron chi connectivity index (χ0n) is 10.4. The van der Waals surface area contributed by atoms with Gasteiger partial charge >= 0.3 is 5.97 Å². The average Bonchev–Trinajstić information content (AvgIpc) is 2.42. The lowest BCUT2D eigenvalue weighted by atomic mass is 10.1. The zero-order chi connectivity index (χ0) is 13.7. The number of carboxylic acid groups (broad SMARTS) is 1. The number of ether oxygens (including phenoxy) is 2. The summed E-state index contributed by atoms with van der Waals surface area (Å²) in [5.41, 5.74) is 0.579. The van der Waals surface area contributed by atoms with Crippen LogP contribution in [0.3, 0.4) is 0 Å². The maximum Gasteiger partial charge on any atom is 0.337 e. The fraction of sp³-hybridized carbons (Fsp3) is 0.133. The molecule has 0 aliphatic carbocycles. The molecule has 0 aromatic heterocycles. The van der Waals surface area contributed by atoms with Crippen molar-refractivity contribution < 1.29 is 19.4 Å². The van der Waals surface area contributed by atoms with Gasteiger partial charge in [-0.2, -0.15) is 0 Å². The Balaban J connectivity index is 2.12. The van der Waals surface area contributed by atoms with E-state index in [2.05, 4.69) is 0 Å². The van der Waals surface area contributed by atoms with Crippen molar-refractivity contribution in [1.29, 1.82) is 0 Å². The molecule has 2 aromatic carbocycles. The van der Waals surface area contributed by atoms with Gasteiger partial charge < -0.3 is 14.6 Å². The van der Waals surface area contributed by atoms with E-state index in [0.717, 1.165) is 5.75 Å². The largest absolute Gasteiger partial charge is 0.479 e. The van der Waals surface area contributed by atoms with E-state index < -0.39 is 12.1 Å². The maximum atomic E-state index is 11.0. The first kappa shape index (κ1) is 13.1. The smallest absolute Gasteiger partial charge is 0.337 e. The quantitative estimate of drug-likeness (QED) is 0.894. The van der Waals surface area contributed by atoms with Gasteiger partial charge in [-0.05, 0) is 29.8 Å². The lowest BCUT2D eigenvalue weighted by molar-refractivity contribution is -0.148. The Labute approximate surface area is 111 Å². The van der Waals surface area contributed by atoms with E-state index in [1.807, 2.05) is 30.3 Å². The summed E-state index contributed by atoms with van der Waals surface area (Å²) in [7, 11) is 1.37. The SMILES string of the molecule is COC(C(=O)O)c1ccc(Oc2ccccc2)cc1. The number of methoxy groups -OCH3 is 1. The van der Waals surface area contributed by atoms with E-state index in [0.29, 0.717) is 11.3 Å². The second-order valence-corrected chi connectivity index (χ2v) is 3.94. The highest BCUT2D eigenvalue weighted by Crippen LogP contribution is 2.24. The summed E-state index contributed by atoms with van der Waals surface area (Å²) < 4.78 is 10.5. The number of carbonyl (C=O) groups is 1. The van der Waals surface area contributed by atoms with E-state index in [1.165, 1.54) is 7.11 Å². The van der Waals surface area contributed by atoms with Crippen molar-refractivity contribution in [2.45, 2.75) is 6.10 Å². The van der Waals surface area contributed by atoms with Crippen molar-refractivity contribution in [3.63, 3.8) is 0 Å². The number of hydrogen-bond donors (Lipinski definition) is 1. The third-order valence-electron chi connectivity index (χ3n) is 2.62. The predicted octanol–water partition coefficient (Wildman–Crippen LogP) is 3.25. The molecule has 0 aliphatic rings. The molecular weight excluding hydrogens is 244 g/mol. The van der Waals surface area contributed by atoms with Crippen LogP contribution in [-0.4, -0.2) is 18.2 Å². The van der Waals surface area contributed by atoms with Crippen LogP contribution in [0.5, 0.6) is 11.5 Å². The molecule has 0 fully saturated rings. The number of carboxylic acids is 1. The van der Waals surface area contributed by atoms with Crippen LogP contribution >= 0.6 is 0 Å². The molecule has 4 nitrogen and oxygen atoms in total. The van der Waals surface area contributed by atoms with Gasteiger partial charge in [-0.25, -0.2) is 4.79 Å². The lowest BCUT2D eigenvalue weighted by Gasteiger charge is -2.11. The first-order valence-electron chi connectivity index (χ1n) is 5.79. The molecule has 2 rings (SSSR count). The van der Waals surface area contributed by atoms with E-state index in [4.69, 9.17) is 14.6 Å². The summed E-state index contributed by atoms with van der Waals surface area (Å²) in [5, 5.41) is 8.97. The summed E-state index contributed by atoms with van der Waals surface area (Å²) in [4.78, 5) is 11.0. The van der Waals surface area contributed by atoms with Crippen molar-refractivity contribution in [2.24, 2.45) is 0 Å². The Bertz CT molecular complexity index is 534. The minimum Gasteiger partial charge on any atom is -0.479 e. The molecule has 98 valence electrons. The molecule has 0 spiro atoms. The Morgan fingerprint density at radius 3 is 2.11 bits per heavy atom. The second-order valence-electron chi connectivity index (χ2n) is 3.94. The van der Waals surface area contributed by atoms with E-state index in [1.54, 1.807) is 24.3 Å². The van der Waals surface area contributed by atoms with Crippen LogP contribution in [-0.2, 0) is 9.53 Å². The number of aliphatic carboxylic acids is 1. The van der Waals surface area contributed by atoms with Gasteiger partial charge in [0, 0.05) is 7.11 Å². The standard InChI is InChI=1S/C15H14O4/c1-18-14(15(16)17)11-7-9-13(10-8-11)19-12-5-3-2-4-6-12/h2-10,14H,1H3,(H,16,17). The van der Waals surface area contributed by atoms with Crippen LogP contribution in [0.1, 0.15) is 11.7 Å². The molecule has 4 heteroatoms. The molecule has 0 bridgehead atoms. The van der Waals surface area contributed by atoms with Gasteiger partial charge in [-0.3, -0.25) is 0 Å². The van der Waals surface area contributed by atoms with Gasteiger partial charge in [0.15, 0.2) is 6.10 Å². The molecule has 0 saturated carbocycles. The van der Waals surface area contributed by atoms with E-state index >= 15 is 0 Å². The first-order valence-corrected chi connectivity index (χ1v) is 5.79. The van der Waals surface area contributed by atoms with Gasteiger partial charge in [0.2, 0.25) is 0 Å².